The van der Waals surface area contributed by atoms with Crippen LogP contribution in [0, 0.1) is 10.8 Å². The van der Waals surface area contributed by atoms with Gasteiger partial charge in [0.1, 0.15) is 6.61 Å². The van der Waals surface area contributed by atoms with Gasteiger partial charge >= 0.3 is 0 Å². The van der Waals surface area contributed by atoms with E-state index in [0.29, 0.717) is 19.7 Å². The molecule has 27 heavy (non-hydrogen) atoms. The summed E-state index contributed by atoms with van der Waals surface area (Å²) in [4.78, 5) is 14.4. The number of sulfonamides is 1. The van der Waals surface area contributed by atoms with E-state index in [1.807, 2.05) is 18.7 Å². The Bertz CT molecular complexity index is 640. The lowest BCUT2D eigenvalue weighted by Crippen LogP contribution is -2.50. The molecule has 0 spiro atoms. The van der Waals surface area contributed by atoms with Crippen LogP contribution in [0.4, 0.5) is 0 Å². The third kappa shape index (κ3) is 5.65. The lowest BCUT2D eigenvalue weighted by Gasteiger charge is -2.43. The van der Waals surface area contributed by atoms with E-state index in [0.717, 1.165) is 25.7 Å². The zero-order valence-corrected chi connectivity index (χ0v) is 18.2. The smallest absolute Gasteiger partial charge is 0.248 e. The molecule has 158 valence electrons. The minimum Gasteiger partial charge on any atom is -0.396 e. The molecule has 2 aliphatic rings. The number of hydrogen-bond acceptors (Lipinski definition) is 5. The maximum absolute atomic E-state index is 12.6. The van der Waals surface area contributed by atoms with Gasteiger partial charge in [-0.2, -0.15) is 4.31 Å². The number of aliphatic hydroxyl groups excluding tert-OH is 1. The van der Waals surface area contributed by atoms with Crippen molar-refractivity contribution in [2.24, 2.45) is 10.8 Å². The molecule has 2 aliphatic heterocycles. The van der Waals surface area contributed by atoms with E-state index in [4.69, 9.17) is 4.74 Å². The third-order valence-corrected chi connectivity index (χ3v) is 7.69. The predicted octanol–water partition coefficient (Wildman–Crippen LogP) is 1.46. The van der Waals surface area contributed by atoms with E-state index in [1.165, 1.54) is 6.26 Å². The Kier molecular flexibility index (Phi) is 6.98. The van der Waals surface area contributed by atoms with Crippen LogP contribution in [0.2, 0.25) is 0 Å². The van der Waals surface area contributed by atoms with Crippen LogP contribution in [-0.4, -0.2) is 79.9 Å². The van der Waals surface area contributed by atoms with Gasteiger partial charge in [0.2, 0.25) is 15.9 Å². The van der Waals surface area contributed by atoms with Gasteiger partial charge in [-0.3, -0.25) is 4.79 Å². The zero-order valence-electron chi connectivity index (χ0n) is 17.4. The molecule has 0 aromatic rings. The minimum absolute atomic E-state index is 0.00675. The number of hydrogen-bond donors (Lipinski definition) is 1. The topological polar surface area (TPSA) is 87.2 Å². The van der Waals surface area contributed by atoms with Crippen molar-refractivity contribution >= 4 is 15.9 Å². The Labute approximate surface area is 164 Å². The van der Waals surface area contributed by atoms with E-state index in [2.05, 4.69) is 13.8 Å². The first-order valence-electron chi connectivity index (χ1n) is 9.84. The van der Waals surface area contributed by atoms with Crippen molar-refractivity contribution < 1.29 is 23.1 Å². The number of amides is 1. The Morgan fingerprint density at radius 3 is 2.22 bits per heavy atom. The molecule has 0 aromatic carbocycles. The van der Waals surface area contributed by atoms with E-state index < -0.39 is 10.0 Å². The molecule has 2 saturated heterocycles. The predicted molar refractivity (Wildman–Crippen MR) is 105 cm³/mol. The summed E-state index contributed by atoms with van der Waals surface area (Å²) in [6.45, 7) is 9.92. The first-order chi connectivity index (χ1) is 12.4. The van der Waals surface area contributed by atoms with E-state index in [1.54, 1.807) is 4.31 Å². The Morgan fingerprint density at radius 2 is 1.70 bits per heavy atom. The van der Waals surface area contributed by atoms with Gasteiger partial charge in [0.15, 0.2) is 0 Å². The molecule has 2 unspecified atom stereocenters. The van der Waals surface area contributed by atoms with Crippen molar-refractivity contribution in [3.05, 3.63) is 0 Å². The fourth-order valence-corrected chi connectivity index (χ4v) is 5.81. The molecule has 0 bridgehead atoms. The molecular weight excluding hydrogens is 368 g/mol. The van der Waals surface area contributed by atoms with Gasteiger partial charge in [-0.25, -0.2) is 8.42 Å². The highest BCUT2D eigenvalue weighted by Gasteiger charge is 2.39. The van der Waals surface area contributed by atoms with Gasteiger partial charge in [-0.1, -0.05) is 13.8 Å². The molecule has 0 aliphatic carbocycles. The second-order valence-electron chi connectivity index (χ2n) is 9.34. The maximum Gasteiger partial charge on any atom is 0.248 e. The van der Waals surface area contributed by atoms with Crippen molar-refractivity contribution in [2.45, 2.75) is 65.5 Å². The number of likely N-dealkylation sites (tertiary alicyclic amines) is 1. The molecule has 0 radical (unpaired) electrons. The van der Waals surface area contributed by atoms with Gasteiger partial charge in [-0.15, -0.1) is 0 Å². The summed E-state index contributed by atoms with van der Waals surface area (Å²) in [7, 11) is -3.18. The van der Waals surface area contributed by atoms with Gasteiger partial charge in [0, 0.05) is 31.8 Å². The molecule has 1 N–H and O–H groups in total. The monoisotopic (exact) mass is 404 g/mol. The summed E-state index contributed by atoms with van der Waals surface area (Å²) in [6.07, 6.45) is 4.31. The lowest BCUT2D eigenvalue weighted by atomic mass is 9.78. The quantitative estimate of drug-likeness (QED) is 0.724. The second kappa shape index (κ2) is 8.35. The number of carbonyl (C=O) groups is 1. The molecule has 8 heteroatoms. The van der Waals surface area contributed by atoms with Crippen molar-refractivity contribution in [3.8, 4) is 0 Å². The van der Waals surface area contributed by atoms with Crippen LogP contribution in [0.5, 0.6) is 0 Å². The molecule has 4 atom stereocenters. The van der Waals surface area contributed by atoms with Crippen LogP contribution in [0.15, 0.2) is 0 Å². The Balaban J connectivity index is 1.82. The number of nitrogens with zero attached hydrogens (tertiary/aromatic N) is 2. The standard InChI is InChI=1S/C19H36N2O5S/c1-15-10-18(3,13-22)6-8-20(15)17(23)12-26-14-19(4)7-9-21(16(2)11-19)27(5,24)25/h15-16,22H,6-14H2,1-5H3/t15?,16?,18-,19-/m0/s1. The average molecular weight is 405 g/mol. The number of ether oxygens (including phenoxy) is 1. The molecule has 2 heterocycles. The van der Waals surface area contributed by atoms with Crippen LogP contribution >= 0.6 is 0 Å². The van der Waals surface area contributed by atoms with Crippen LogP contribution in [0.3, 0.4) is 0 Å². The molecule has 7 nitrogen and oxygen atoms in total. The van der Waals surface area contributed by atoms with Gasteiger partial charge in [-0.05, 0) is 50.4 Å². The fourth-order valence-electron chi connectivity index (χ4n) is 4.66. The summed E-state index contributed by atoms with van der Waals surface area (Å²) in [6, 6.07) is 0.0388. The van der Waals surface area contributed by atoms with Gasteiger partial charge < -0.3 is 14.7 Å². The van der Waals surface area contributed by atoms with E-state index in [-0.39, 0.29) is 42.0 Å². The van der Waals surface area contributed by atoms with Crippen LogP contribution in [0.25, 0.3) is 0 Å². The number of rotatable bonds is 6. The first kappa shape index (κ1) is 22.6. The third-order valence-electron chi connectivity index (χ3n) is 6.30. The molecule has 0 saturated carbocycles. The second-order valence-corrected chi connectivity index (χ2v) is 11.3. The van der Waals surface area contributed by atoms with Gasteiger partial charge in [0.05, 0.1) is 12.9 Å². The fraction of sp³-hybridized carbons (Fsp3) is 0.947. The van der Waals surface area contributed by atoms with Crippen LogP contribution in [0.1, 0.15) is 53.4 Å². The van der Waals surface area contributed by atoms with Crippen molar-refractivity contribution in [1.29, 1.82) is 0 Å². The zero-order chi connectivity index (χ0) is 20.5. The number of piperidine rings is 2. The van der Waals surface area contributed by atoms with Crippen molar-refractivity contribution in [2.75, 3.05) is 39.2 Å². The van der Waals surface area contributed by atoms with E-state index >= 15 is 0 Å². The summed E-state index contributed by atoms with van der Waals surface area (Å²) in [5, 5.41) is 9.53. The highest BCUT2D eigenvalue weighted by Crippen LogP contribution is 2.36. The minimum atomic E-state index is -3.18. The molecular formula is C19H36N2O5S. The summed E-state index contributed by atoms with van der Waals surface area (Å²) < 4.78 is 31.0. The van der Waals surface area contributed by atoms with Gasteiger partial charge in [0.25, 0.3) is 0 Å². The molecule has 0 aromatic heterocycles. The largest absolute Gasteiger partial charge is 0.396 e. The van der Waals surface area contributed by atoms with Crippen LogP contribution < -0.4 is 0 Å². The molecule has 2 fully saturated rings. The highest BCUT2D eigenvalue weighted by molar-refractivity contribution is 7.88. The molecule has 2 rings (SSSR count). The number of carbonyl (C=O) groups excluding carboxylic acids is 1. The first-order valence-corrected chi connectivity index (χ1v) is 11.7. The average Bonchev–Trinajstić information content (AvgIpc) is 2.53. The van der Waals surface area contributed by atoms with Crippen molar-refractivity contribution in [3.63, 3.8) is 0 Å². The lowest BCUT2D eigenvalue weighted by molar-refractivity contribution is -0.143. The van der Waals surface area contributed by atoms with Crippen molar-refractivity contribution in [1.82, 2.24) is 9.21 Å². The van der Waals surface area contributed by atoms with E-state index in [9.17, 15) is 18.3 Å². The summed E-state index contributed by atoms with van der Waals surface area (Å²) in [5.41, 5.74) is -0.224. The normalized spacial score (nSPS) is 36.0. The Morgan fingerprint density at radius 1 is 1.11 bits per heavy atom. The molecule has 1 amide bonds. The Hall–Kier alpha value is -0.700. The summed E-state index contributed by atoms with van der Waals surface area (Å²) >= 11 is 0. The number of aliphatic hydroxyl groups is 1. The SMILES string of the molecule is CC1C[C@@](C)(CO)CCN1C(=O)COC[C@@]1(C)CCN(S(C)(=O)=O)C(C)C1. The van der Waals surface area contributed by atoms with Crippen LogP contribution in [-0.2, 0) is 19.6 Å². The highest BCUT2D eigenvalue weighted by atomic mass is 32.2. The summed E-state index contributed by atoms with van der Waals surface area (Å²) in [5.74, 6) is -0.00675. The maximum atomic E-state index is 12.6.